The molecule has 31 heavy (non-hydrogen) atoms. The normalized spacial score (nSPS) is 16.2. The molecule has 3 aromatic rings. The number of halogens is 3. The van der Waals surface area contributed by atoms with Crippen LogP contribution in [0.1, 0.15) is 29.8 Å². The zero-order valence-electron chi connectivity index (χ0n) is 16.6. The molecule has 4 heterocycles. The summed E-state index contributed by atoms with van der Waals surface area (Å²) in [6.45, 7) is -0.0397. The van der Waals surface area contributed by atoms with Gasteiger partial charge in [-0.15, -0.1) is 0 Å². The van der Waals surface area contributed by atoms with Gasteiger partial charge in [0.1, 0.15) is 15.7 Å². The molecule has 1 saturated heterocycles. The maximum absolute atomic E-state index is 14.1. The van der Waals surface area contributed by atoms with Gasteiger partial charge in [-0.2, -0.15) is 5.10 Å². The molecule has 0 radical (unpaired) electrons. The Balaban J connectivity index is 1.60. The van der Waals surface area contributed by atoms with E-state index in [-0.39, 0.29) is 33.4 Å². The van der Waals surface area contributed by atoms with E-state index >= 15 is 0 Å². The lowest BCUT2D eigenvalue weighted by Crippen LogP contribution is -2.36. The predicted molar refractivity (Wildman–Crippen MR) is 112 cm³/mol. The van der Waals surface area contributed by atoms with Crippen LogP contribution < -0.4 is 16.0 Å². The number of nitrogens with one attached hydrogen (secondary N) is 1. The van der Waals surface area contributed by atoms with Crippen molar-refractivity contribution in [3.05, 3.63) is 36.2 Å². The van der Waals surface area contributed by atoms with Crippen LogP contribution in [-0.4, -0.2) is 44.7 Å². The molecule has 164 valence electrons. The topological polar surface area (TPSA) is 102 Å². The number of hydrogen-bond acceptors (Lipinski definition) is 7. The number of anilines is 3. The highest BCUT2D eigenvalue weighted by Crippen LogP contribution is 2.35. The average molecular weight is 451 g/mol. The summed E-state index contributed by atoms with van der Waals surface area (Å²) >= 11 is 0.968. The van der Waals surface area contributed by atoms with Gasteiger partial charge in [-0.3, -0.25) is 14.5 Å². The van der Waals surface area contributed by atoms with Crippen molar-refractivity contribution in [2.24, 2.45) is 7.05 Å². The number of aromatic nitrogens is 4. The Labute approximate surface area is 179 Å². The van der Waals surface area contributed by atoms with Crippen LogP contribution in [0.25, 0.3) is 10.6 Å². The number of carbonyl (C=O) groups excluding carboxylic acids is 1. The molecular weight excluding hydrogens is 431 g/mol. The molecule has 0 saturated carbocycles. The molecule has 0 atom stereocenters. The minimum atomic E-state index is -2.83. The molecule has 4 rings (SSSR count). The largest absolute Gasteiger partial charge is 0.389 e. The molecular formula is C19H20F3N7OS. The predicted octanol–water partition coefficient (Wildman–Crippen LogP) is 3.54. The number of nitrogens with two attached hydrogens (primary N) is 1. The Morgan fingerprint density at radius 1 is 1.32 bits per heavy atom. The van der Waals surface area contributed by atoms with Gasteiger partial charge in [0, 0.05) is 31.8 Å². The third kappa shape index (κ3) is 4.33. The highest BCUT2D eigenvalue weighted by Gasteiger charge is 2.35. The van der Waals surface area contributed by atoms with Gasteiger partial charge in [0.2, 0.25) is 0 Å². The van der Waals surface area contributed by atoms with Crippen LogP contribution >= 0.6 is 11.3 Å². The molecule has 0 aromatic carbocycles. The zero-order chi connectivity index (χ0) is 22.2. The van der Waals surface area contributed by atoms with Crippen LogP contribution in [0.5, 0.6) is 0 Å². The first-order chi connectivity index (χ1) is 14.7. The summed E-state index contributed by atoms with van der Waals surface area (Å²) in [5.41, 5.74) is 6.33. The van der Waals surface area contributed by atoms with Crippen LogP contribution in [-0.2, 0) is 7.05 Å². The number of thiazole rings is 1. The molecule has 0 unspecified atom stereocenters. The summed E-state index contributed by atoms with van der Waals surface area (Å²) in [7, 11) is 1.62. The van der Waals surface area contributed by atoms with Crippen molar-refractivity contribution < 1.29 is 18.0 Å². The van der Waals surface area contributed by atoms with Gasteiger partial charge < -0.3 is 16.0 Å². The van der Waals surface area contributed by atoms with Crippen molar-refractivity contribution >= 4 is 33.8 Å². The molecule has 3 N–H and O–H groups in total. The van der Waals surface area contributed by atoms with Crippen LogP contribution in [0.15, 0.2) is 24.7 Å². The number of hydrogen-bond donors (Lipinski definition) is 2. The van der Waals surface area contributed by atoms with Gasteiger partial charge in [0.05, 0.1) is 18.9 Å². The zero-order valence-corrected chi connectivity index (χ0v) is 17.4. The lowest BCUT2D eigenvalue weighted by Gasteiger charge is -2.27. The molecule has 0 aliphatic carbocycles. The second-order valence-corrected chi connectivity index (χ2v) is 8.31. The first kappa shape index (κ1) is 21.1. The standard InChI is InChI=1S/C19H20F3N7OS/c1-28-18(29-7-3-2-5-19(21,22)10-29)13(9-25-28)26-16(30)14-15(23)31-17(27-14)11-4-6-24-8-12(11)20/h4,6,8-9H,2-3,5,7,10,23H2,1H3,(H,26,30). The molecule has 1 fully saturated rings. The molecule has 1 aliphatic rings. The minimum absolute atomic E-state index is 0.0767. The van der Waals surface area contributed by atoms with E-state index in [1.807, 2.05) is 0 Å². The van der Waals surface area contributed by atoms with Gasteiger partial charge in [-0.1, -0.05) is 11.3 Å². The Kier molecular flexibility index (Phi) is 5.56. The highest BCUT2D eigenvalue weighted by atomic mass is 32.1. The van der Waals surface area contributed by atoms with Crippen molar-refractivity contribution in [2.75, 3.05) is 29.0 Å². The fraction of sp³-hybridized carbons (Fsp3) is 0.368. The van der Waals surface area contributed by atoms with Crippen LogP contribution in [0.2, 0.25) is 0 Å². The second kappa shape index (κ2) is 8.17. The van der Waals surface area contributed by atoms with Gasteiger partial charge in [-0.05, 0) is 18.9 Å². The lowest BCUT2D eigenvalue weighted by atomic mass is 10.2. The third-order valence-electron chi connectivity index (χ3n) is 4.97. The first-order valence-corrected chi connectivity index (χ1v) is 10.4. The molecule has 3 aromatic heterocycles. The molecule has 0 spiro atoms. The quantitative estimate of drug-likeness (QED) is 0.629. The fourth-order valence-corrected chi connectivity index (χ4v) is 4.39. The number of pyridine rings is 1. The summed E-state index contributed by atoms with van der Waals surface area (Å²) in [4.78, 5) is 22.2. The van der Waals surface area contributed by atoms with Crippen LogP contribution in [0, 0.1) is 5.82 Å². The summed E-state index contributed by atoms with van der Waals surface area (Å²) in [6.07, 6.45) is 4.70. The number of alkyl halides is 2. The van der Waals surface area contributed by atoms with E-state index in [0.29, 0.717) is 25.2 Å². The van der Waals surface area contributed by atoms with E-state index in [1.54, 1.807) is 7.05 Å². The Hall–Kier alpha value is -3.15. The van der Waals surface area contributed by atoms with Crippen LogP contribution in [0.4, 0.5) is 29.7 Å². The number of amides is 1. The number of carbonyl (C=O) groups is 1. The van der Waals surface area contributed by atoms with Crippen molar-refractivity contribution in [2.45, 2.75) is 25.2 Å². The van der Waals surface area contributed by atoms with E-state index in [2.05, 4.69) is 20.4 Å². The summed E-state index contributed by atoms with van der Waals surface area (Å²) in [6, 6.07) is 1.44. The van der Waals surface area contributed by atoms with Crippen LogP contribution in [0.3, 0.4) is 0 Å². The van der Waals surface area contributed by atoms with Crippen molar-refractivity contribution in [1.82, 2.24) is 19.7 Å². The SMILES string of the molecule is Cn1ncc(NC(=O)c2nc(-c3ccncc3F)sc2N)c1N1CCCCC(F)(F)C1. The molecule has 12 heteroatoms. The van der Waals surface area contributed by atoms with Crippen molar-refractivity contribution in [3.63, 3.8) is 0 Å². The third-order valence-corrected chi connectivity index (χ3v) is 5.89. The first-order valence-electron chi connectivity index (χ1n) is 9.57. The van der Waals surface area contributed by atoms with Crippen molar-refractivity contribution in [1.29, 1.82) is 0 Å². The monoisotopic (exact) mass is 451 g/mol. The Bertz CT molecular complexity index is 1110. The lowest BCUT2D eigenvalue weighted by molar-refractivity contribution is 0.00330. The Morgan fingerprint density at radius 2 is 2.13 bits per heavy atom. The molecule has 1 amide bonds. The summed E-state index contributed by atoms with van der Waals surface area (Å²) in [5.74, 6) is -3.67. The van der Waals surface area contributed by atoms with Crippen molar-refractivity contribution in [3.8, 4) is 10.6 Å². The number of rotatable bonds is 4. The van der Waals surface area contributed by atoms with E-state index in [4.69, 9.17) is 5.73 Å². The molecule has 0 bridgehead atoms. The molecule has 8 nitrogen and oxygen atoms in total. The van der Waals surface area contributed by atoms with Gasteiger partial charge in [0.25, 0.3) is 11.8 Å². The summed E-state index contributed by atoms with van der Waals surface area (Å²) < 4.78 is 43.7. The maximum Gasteiger partial charge on any atom is 0.277 e. The van der Waals surface area contributed by atoms with Gasteiger partial charge in [0.15, 0.2) is 17.3 Å². The summed E-state index contributed by atoms with van der Waals surface area (Å²) in [5, 5.41) is 7.12. The average Bonchev–Trinajstić information content (AvgIpc) is 3.21. The van der Waals surface area contributed by atoms with E-state index in [0.717, 1.165) is 17.5 Å². The minimum Gasteiger partial charge on any atom is -0.389 e. The van der Waals surface area contributed by atoms with Gasteiger partial charge >= 0.3 is 0 Å². The smallest absolute Gasteiger partial charge is 0.277 e. The molecule has 1 aliphatic heterocycles. The maximum atomic E-state index is 14.1. The number of aryl methyl sites for hydroxylation is 1. The highest BCUT2D eigenvalue weighted by molar-refractivity contribution is 7.19. The van der Waals surface area contributed by atoms with E-state index in [1.165, 1.54) is 28.0 Å². The Morgan fingerprint density at radius 3 is 2.90 bits per heavy atom. The van der Waals surface area contributed by atoms with E-state index in [9.17, 15) is 18.0 Å². The van der Waals surface area contributed by atoms with E-state index < -0.39 is 24.2 Å². The second-order valence-electron chi connectivity index (χ2n) is 7.28. The number of nitrogen functional groups attached to an aromatic ring is 1. The fourth-order valence-electron chi connectivity index (χ4n) is 3.54. The van der Waals surface area contributed by atoms with Gasteiger partial charge in [-0.25, -0.2) is 18.2 Å². The number of nitrogens with zero attached hydrogens (tertiary/aromatic N) is 5.